The van der Waals surface area contributed by atoms with Crippen molar-refractivity contribution in [3.05, 3.63) is 66.6 Å². The normalized spacial score (nSPS) is 11.2. The van der Waals surface area contributed by atoms with Gasteiger partial charge in [0.1, 0.15) is 5.69 Å². The Bertz CT molecular complexity index is 888. The average molecular weight is 348 g/mol. The lowest BCUT2D eigenvalue weighted by Gasteiger charge is -2.11. The summed E-state index contributed by atoms with van der Waals surface area (Å²) in [7, 11) is 1.94. The SMILES string of the molecule is CN(Cc1cc(-c2ccccn2)no1)Cc1nnc(-c2cccnc2)o1. The van der Waals surface area contributed by atoms with E-state index in [1.165, 1.54) is 0 Å². The molecule has 0 aliphatic rings. The number of hydrogen-bond acceptors (Lipinski definition) is 8. The lowest BCUT2D eigenvalue weighted by atomic mass is 10.2. The molecule has 0 unspecified atom stereocenters. The Labute approximate surface area is 149 Å². The van der Waals surface area contributed by atoms with Crippen molar-refractivity contribution in [3.8, 4) is 22.8 Å². The Morgan fingerprint density at radius 2 is 1.96 bits per heavy atom. The third kappa shape index (κ3) is 3.65. The molecular weight excluding hydrogens is 332 g/mol. The summed E-state index contributed by atoms with van der Waals surface area (Å²) in [6, 6.07) is 11.3. The fraction of sp³-hybridized carbons (Fsp3) is 0.167. The molecule has 4 aromatic heterocycles. The first-order valence-corrected chi connectivity index (χ1v) is 8.06. The number of pyridine rings is 2. The van der Waals surface area contributed by atoms with Crippen LogP contribution in [-0.4, -0.2) is 37.3 Å². The fourth-order valence-electron chi connectivity index (χ4n) is 2.50. The third-order valence-electron chi connectivity index (χ3n) is 3.69. The molecule has 0 spiro atoms. The van der Waals surface area contributed by atoms with Crippen molar-refractivity contribution < 1.29 is 8.94 Å². The molecule has 8 heteroatoms. The van der Waals surface area contributed by atoms with E-state index in [2.05, 4.69) is 25.3 Å². The first-order valence-electron chi connectivity index (χ1n) is 8.06. The molecule has 26 heavy (non-hydrogen) atoms. The molecule has 8 nitrogen and oxygen atoms in total. The van der Waals surface area contributed by atoms with E-state index in [1.807, 2.05) is 48.3 Å². The Hall–Kier alpha value is -3.39. The molecular formula is C18H16N6O2. The van der Waals surface area contributed by atoms with Crippen LogP contribution in [0.4, 0.5) is 0 Å². The first-order chi connectivity index (χ1) is 12.8. The Morgan fingerprint density at radius 3 is 2.77 bits per heavy atom. The van der Waals surface area contributed by atoms with Crippen LogP contribution in [0.25, 0.3) is 22.8 Å². The molecule has 0 aliphatic heterocycles. The molecule has 0 bridgehead atoms. The predicted molar refractivity (Wildman–Crippen MR) is 92.4 cm³/mol. The molecule has 4 rings (SSSR count). The smallest absolute Gasteiger partial charge is 0.249 e. The molecule has 0 amide bonds. The zero-order valence-corrected chi connectivity index (χ0v) is 14.1. The summed E-state index contributed by atoms with van der Waals surface area (Å²) in [6.45, 7) is 1.05. The predicted octanol–water partition coefficient (Wildman–Crippen LogP) is 2.81. The van der Waals surface area contributed by atoms with E-state index in [9.17, 15) is 0 Å². The second kappa shape index (κ2) is 7.24. The standard InChI is InChI=1S/C18H16N6O2/c1-24(11-14-9-16(23-26-14)15-6-2-3-8-20-15)12-17-21-22-18(25-17)13-5-4-7-19-10-13/h2-10H,11-12H2,1H3. The van der Waals surface area contributed by atoms with Gasteiger partial charge in [0.2, 0.25) is 11.8 Å². The summed E-state index contributed by atoms with van der Waals surface area (Å²) in [5.74, 6) is 1.72. The molecule has 4 heterocycles. The van der Waals surface area contributed by atoms with Gasteiger partial charge in [0, 0.05) is 24.7 Å². The summed E-state index contributed by atoms with van der Waals surface area (Å²) in [6.07, 6.45) is 5.12. The summed E-state index contributed by atoms with van der Waals surface area (Å²) < 4.78 is 11.1. The molecule has 0 N–H and O–H groups in total. The molecule has 4 aromatic rings. The van der Waals surface area contributed by atoms with E-state index in [0.29, 0.717) is 30.6 Å². The summed E-state index contributed by atoms with van der Waals surface area (Å²) in [5, 5.41) is 12.2. The minimum atomic E-state index is 0.457. The number of hydrogen-bond donors (Lipinski definition) is 0. The van der Waals surface area contributed by atoms with E-state index in [4.69, 9.17) is 8.94 Å². The van der Waals surface area contributed by atoms with Gasteiger partial charge in [-0.1, -0.05) is 11.2 Å². The van der Waals surface area contributed by atoms with Gasteiger partial charge in [0.15, 0.2) is 5.76 Å². The Kier molecular flexibility index (Phi) is 4.48. The van der Waals surface area contributed by atoms with Crippen molar-refractivity contribution in [1.82, 2.24) is 30.2 Å². The molecule has 0 radical (unpaired) electrons. The molecule has 130 valence electrons. The van der Waals surface area contributed by atoms with Gasteiger partial charge in [0.25, 0.3) is 0 Å². The topological polar surface area (TPSA) is 94.0 Å². The van der Waals surface area contributed by atoms with Gasteiger partial charge >= 0.3 is 0 Å². The van der Waals surface area contributed by atoms with Crippen LogP contribution in [0.1, 0.15) is 11.7 Å². The fourth-order valence-corrected chi connectivity index (χ4v) is 2.50. The highest BCUT2D eigenvalue weighted by atomic mass is 16.5. The molecule has 0 atom stereocenters. The van der Waals surface area contributed by atoms with Crippen molar-refractivity contribution >= 4 is 0 Å². The van der Waals surface area contributed by atoms with Crippen molar-refractivity contribution in [1.29, 1.82) is 0 Å². The van der Waals surface area contributed by atoms with Crippen LogP contribution in [-0.2, 0) is 13.1 Å². The quantitative estimate of drug-likeness (QED) is 0.525. The number of rotatable bonds is 6. The van der Waals surface area contributed by atoms with Crippen molar-refractivity contribution in [2.75, 3.05) is 7.05 Å². The zero-order chi connectivity index (χ0) is 17.8. The Morgan fingerprint density at radius 1 is 1.00 bits per heavy atom. The van der Waals surface area contributed by atoms with Crippen molar-refractivity contribution in [2.45, 2.75) is 13.1 Å². The van der Waals surface area contributed by atoms with Crippen LogP contribution in [0.3, 0.4) is 0 Å². The second-order valence-corrected chi connectivity index (χ2v) is 5.81. The van der Waals surface area contributed by atoms with E-state index >= 15 is 0 Å². The average Bonchev–Trinajstić information content (AvgIpc) is 3.33. The Balaban J connectivity index is 1.40. The monoisotopic (exact) mass is 348 g/mol. The van der Waals surface area contributed by atoms with Crippen LogP contribution < -0.4 is 0 Å². The van der Waals surface area contributed by atoms with E-state index in [1.54, 1.807) is 18.6 Å². The van der Waals surface area contributed by atoms with Gasteiger partial charge in [-0.05, 0) is 31.3 Å². The van der Waals surface area contributed by atoms with Gasteiger partial charge in [-0.2, -0.15) is 0 Å². The lowest BCUT2D eigenvalue weighted by molar-refractivity contribution is 0.246. The summed E-state index contributed by atoms with van der Waals surface area (Å²) in [4.78, 5) is 10.3. The minimum Gasteiger partial charge on any atom is -0.419 e. The van der Waals surface area contributed by atoms with Gasteiger partial charge in [-0.25, -0.2) is 0 Å². The van der Waals surface area contributed by atoms with Crippen LogP contribution in [0, 0.1) is 0 Å². The highest BCUT2D eigenvalue weighted by Gasteiger charge is 2.13. The van der Waals surface area contributed by atoms with E-state index < -0.39 is 0 Å². The van der Waals surface area contributed by atoms with Gasteiger partial charge < -0.3 is 8.94 Å². The van der Waals surface area contributed by atoms with Crippen LogP contribution in [0.5, 0.6) is 0 Å². The first kappa shape index (κ1) is 16.1. The van der Waals surface area contributed by atoms with Gasteiger partial charge in [-0.15, -0.1) is 10.2 Å². The number of nitrogens with zero attached hydrogens (tertiary/aromatic N) is 6. The zero-order valence-electron chi connectivity index (χ0n) is 14.1. The van der Waals surface area contributed by atoms with Gasteiger partial charge in [-0.3, -0.25) is 14.9 Å². The van der Waals surface area contributed by atoms with E-state index in [-0.39, 0.29) is 0 Å². The summed E-state index contributed by atoms with van der Waals surface area (Å²) in [5.41, 5.74) is 2.29. The van der Waals surface area contributed by atoms with Gasteiger partial charge in [0.05, 0.1) is 24.3 Å². The summed E-state index contributed by atoms with van der Waals surface area (Å²) >= 11 is 0. The largest absolute Gasteiger partial charge is 0.419 e. The minimum absolute atomic E-state index is 0.457. The maximum Gasteiger partial charge on any atom is 0.249 e. The molecule has 0 fully saturated rings. The highest BCUT2D eigenvalue weighted by Crippen LogP contribution is 2.19. The van der Waals surface area contributed by atoms with Crippen molar-refractivity contribution in [3.63, 3.8) is 0 Å². The molecule has 0 aliphatic carbocycles. The van der Waals surface area contributed by atoms with E-state index in [0.717, 1.165) is 17.0 Å². The maximum atomic E-state index is 5.69. The maximum absolute atomic E-state index is 5.69. The van der Waals surface area contributed by atoms with Crippen LogP contribution in [0.2, 0.25) is 0 Å². The van der Waals surface area contributed by atoms with Crippen molar-refractivity contribution in [2.24, 2.45) is 0 Å². The highest BCUT2D eigenvalue weighted by molar-refractivity contribution is 5.53. The second-order valence-electron chi connectivity index (χ2n) is 5.81. The van der Waals surface area contributed by atoms with Crippen LogP contribution in [0.15, 0.2) is 63.9 Å². The molecule has 0 saturated heterocycles. The molecule has 0 aromatic carbocycles. The molecule has 0 saturated carbocycles. The third-order valence-corrected chi connectivity index (χ3v) is 3.69. The lowest BCUT2D eigenvalue weighted by Crippen LogP contribution is -2.17. The number of aromatic nitrogens is 5. The van der Waals surface area contributed by atoms with Crippen LogP contribution >= 0.6 is 0 Å².